The van der Waals surface area contributed by atoms with E-state index < -0.39 is 4.92 Å². The van der Waals surface area contributed by atoms with Gasteiger partial charge < -0.3 is 5.32 Å². The van der Waals surface area contributed by atoms with E-state index in [9.17, 15) is 14.9 Å². The molecular formula is C17H21N5O3S. The van der Waals surface area contributed by atoms with E-state index in [0.717, 1.165) is 12.2 Å². The minimum Gasteiger partial charge on any atom is -0.325 e. The maximum absolute atomic E-state index is 12.1. The van der Waals surface area contributed by atoms with Crippen molar-refractivity contribution in [2.75, 3.05) is 11.1 Å². The van der Waals surface area contributed by atoms with Crippen LogP contribution in [0.5, 0.6) is 0 Å². The number of nitrogens with zero attached hydrogens (tertiary/aromatic N) is 3. The minimum absolute atomic E-state index is 0.0130. The monoisotopic (exact) mass is 375 g/mol. The standard InChI is InChI=1S/C17H21N5O3S/c1-11-13(7-4-8-14(11)22(24)25)18-16(23)10-26-17-19-15(20-21-17)9-12-5-2-3-6-12/h4,7-8,12H,2-3,5-6,9-10H2,1H3,(H,18,23)(H,19,20,21). The van der Waals surface area contributed by atoms with Gasteiger partial charge in [0, 0.05) is 12.5 Å². The fraction of sp³-hybridized carbons (Fsp3) is 0.471. The number of nitro benzene ring substituents is 1. The van der Waals surface area contributed by atoms with Crippen molar-refractivity contribution in [3.63, 3.8) is 0 Å². The quantitative estimate of drug-likeness (QED) is 0.435. The first kappa shape index (κ1) is 18.4. The van der Waals surface area contributed by atoms with Gasteiger partial charge in [-0.15, -0.1) is 5.10 Å². The summed E-state index contributed by atoms with van der Waals surface area (Å²) < 4.78 is 0. The highest BCUT2D eigenvalue weighted by Gasteiger charge is 2.18. The number of carbonyl (C=O) groups is 1. The molecule has 1 aromatic heterocycles. The fourth-order valence-corrected chi connectivity index (χ4v) is 3.81. The summed E-state index contributed by atoms with van der Waals surface area (Å²) in [4.78, 5) is 27.1. The third kappa shape index (κ3) is 4.60. The van der Waals surface area contributed by atoms with Gasteiger partial charge in [0.2, 0.25) is 11.1 Å². The van der Waals surface area contributed by atoms with Crippen LogP contribution in [-0.2, 0) is 11.2 Å². The molecule has 9 heteroatoms. The Labute approximate surface area is 155 Å². The lowest BCUT2D eigenvalue weighted by molar-refractivity contribution is -0.385. The Hall–Kier alpha value is -2.42. The van der Waals surface area contributed by atoms with Crippen LogP contribution in [0.1, 0.15) is 37.1 Å². The molecule has 3 rings (SSSR count). The average molecular weight is 375 g/mol. The molecule has 0 bridgehead atoms. The molecule has 2 N–H and O–H groups in total. The van der Waals surface area contributed by atoms with Crippen molar-refractivity contribution in [1.82, 2.24) is 15.2 Å². The summed E-state index contributed by atoms with van der Waals surface area (Å²) in [5.41, 5.74) is 0.871. The Bertz CT molecular complexity index is 801. The predicted molar refractivity (Wildman–Crippen MR) is 99.2 cm³/mol. The lowest BCUT2D eigenvalue weighted by Crippen LogP contribution is -2.15. The van der Waals surface area contributed by atoms with Gasteiger partial charge in [-0.1, -0.05) is 43.5 Å². The molecular weight excluding hydrogens is 354 g/mol. The van der Waals surface area contributed by atoms with E-state index in [-0.39, 0.29) is 17.3 Å². The third-order valence-corrected chi connectivity index (χ3v) is 5.42. The summed E-state index contributed by atoms with van der Waals surface area (Å²) >= 11 is 1.24. The van der Waals surface area contributed by atoms with Crippen molar-refractivity contribution in [1.29, 1.82) is 0 Å². The maximum Gasteiger partial charge on any atom is 0.274 e. The van der Waals surface area contributed by atoms with Crippen molar-refractivity contribution in [2.24, 2.45) is 5.92 Å². The molecule has 0 unspecified atom stereocenters. The first-order valence-corrected chi connectivity index (χ1v) is 9.59. The van der Waals surface area contributed by atoms with Crippen LogP contribution in [0.25, 0.3) is 0 Å². The average Bonchev–Trinajstić information content (AvgIpc) is 3.27. The van der Waals surface area contributed by atoms with Crippen molar-refractivity contribution in [3.05, 3.63) is 39.7 Å². The Morgan fingerprint density at radius 1 is 1.42 bits per heavy atom. The molecule has 0 radical (unpaired) electrons. The van der Waals surface area contributed by atoms with Crippen molar-refractivity contribution in [2.45, 2.75) is 44.2 Å². The lowest BCUT2D eigenvalue weighted by Gasteiger charge is -2.07. The molecule has 0 saturated heterocycles. The van der Waals surface area contributed by atoms with Gasteiger partial charge in [0.05, 0.1) is 21.9 Å². The molecule has 1 amide bonds. The zero-order valence-corrected chi connectivity index (χ0v) is 15.3. The normalized spacial score (nSPS) is 14.5. The van der Waals surface area contributed by atoms with Crippen LogP contribution < -0.4 is 5.32 Å². The van der Waals surface area contributed by atoms with E-state index in [4.69, 9.17) is 0 Å². The van der Waals surface area contributed by atoms with Gasteiger partial charge >= 0.3 is 0 Å². The summed E-state index contributed by atoms with van der Waals surface area (Å²) in [6.07, 6.45) is 5.98. The van der Waals surface area contributed by atoms with Gasteiger partial charge in [0.15, 0.2) is 0 Å². The minimum atomic E-state index is -0.459. The molecule has 138 valence electrons. The highest BCUT2D eigenvalue weighted by molar-refractivity contribution is 7.99. The number of H-pyrrole nitrogens is 1. The molecule has 1 heterocycles. The van der Waals surface area contributed by atoms with Gasteiger partial charge in [-0.05, 0) is 18.9 Å². The van der Waals surface area contributed by atoms with Crippen LogP contribution in [0.4, 0.5) is 11.4 Å². The molecule has 1 fully saturated rings. The summed E-state index contributed by atoms with van der Waals surface area (Å²) in [7, 11) is 0. The number of carbonyl (C=O) groups excluding carboxylic acids is 1. The second kappa shape index (κ2) is 8.31. The van der Waals surface area contributed by atoms with E-state index >= 15 is 0 Å². The number of aromatic nitrogens is 3. The van der Waals surface area contributed by atoms with E-state index in [1.807, 2.05) is 0 Å². The number of hydrogen-bond acceptors (Lipinski definition) is 6. The second-order valence-electron chi connectivity index (χ2n) is 6.46. The van der Waals surface area contributed by atoms with Gasteiger partial charge in [0.25, 0.3) is 5.69 Å². The number of anilines is 1. The molecule has 2 aromatic rings. The number of nitro groups is 1. The van der Waals surface area contributed by atoms with E-state index in [1.54, 1.807) is 19.1 Å². The van der Waals surface area contributed by atoms with E-state index in [1.165, 1.54) is 43.5 Å². The first-order chi connectivity index (χ1) is 12.5. The van der Waals surface area contributed by atoms with Crippen molar-refractivity contribution >= 4 is 29.0 Å². The summed E-state index contributed by atoms with van der Waals surface area (Å²) in [6.45, 7) is 1.62. The SMILES string of the molecule is Cc1c(NC(=O)CSc2n[nH]c(CC3CCCC3)n2)cccc1[N+](=O)[O-]. The molecule has 0 aliphatic heterocycles. The van der Waals surface area contributed by atoms with Gasteiger partial charge in [-0.2, -0.15) is 0 Å². The van der Waals surface area contributed by atoms with Crippen molar-refractivity contribution < 1.29 is 9.72 Å². The number of hydrogen-bond donors (Lipinski definition) is 2. The number of aromatic amines is 1. The molecule has 0 atom stereocenters. The number of benzene rings is 1. The largest absolute Gasteiger partial charge is 0.325 e. The van der Waals surface area contributed by atoms with Gasteiger partial charge in [-0.3, -0.25) is 20.0 Å². The molecule has 1 aliphatic carbocycles. The number of rotatable bonds is 7. The molecule has 1 aromatic carbocycles. The molecule has 1 aliphatic rings. The summed E-state index contributed by atoms with van der Waals surface area (Å²) in [5, 5.41) is 21.3. The summed E-state index contributed by atoms with van der Waals surface area (Å²) in [6, 6.07) is 4.62. The Morgan fingerprint density at radius 2 is 2.19 bits per heavy atom. The number of amides is 1. The molecule has 1 saturated carbocycles. The topological polar surface area (TPSA) is 114 Å². The van der Waals surface area contributed by atoms with Gasteiger partial charge in [-0.25, -0.2) is 4.98 Å². The molecule has 8 nitrogen and oxygen atoms in total. The highest BCUT2D eigenvalue weighted by atomic mass is 32.2. The Balaban J connectivity index is 1.52. The summed E-state index contributed by atoms with van der Waals surface area (Å²) in [5.74, 6) is 1.44. The third-order valence-electron chi connectivity index (χ3n) is 4.58. The van der Waals surface area contributed by atoms with Crippen LogP contribution in [0, 0.1) is 23.0 Å². The van der Waals surface area contributed by atoms with Gasteiger partial charge in [0.1, 0.15) is 5.82 Å². The number of nitrogens with one attached hydrogen (secondary N) is 2. The molecule has 0 spiro atoms. The second-order valence-corrected chi connectivity index (χ2v) is 7.41. The maximum atomic E-state index is 12.1. The zero-order chi connectivity index (χ0) is 18.5. The van der Waals surface area contributed by atoms with E-state index in [0.29, 0.717) is 22.3 Å². The Morgan fingerprint density at radius 3 is 2.92 bits per heavy atom. The van der Waals surface area contributed by atoms with Crippen LogP contribution in [0.3, 0.4) is 0 Å². The van der Waals surface area contributed by atoms with Crippen LogP contribution in [0.15, 0.2) is 23.4 Å². The lowest BCUT2D eigenvalue weighted by atomic mass is 10.0. The van der Waals surface area contributed by atoms with Crippen LogP contribution >= 0.6 is 11.8 Å². The van der Waals surface area contributed by atoms with E-state index in [2.05, 4.69) is 20.5 Å². The predicted octanol–water partition coefficient (Wildman–Crippen LogP) is 3.48. The number of thioether (sulfide) groups is 1. The fourth-order valence-electron chi connectivity index (χ4n) is 3.19. The molecule has 26 heavy (non-hydrogen) atoms. The smallest absolute Gasteiger partial charge is 0.274 e. The van der Waals surface area contributed by atoms with Crippen LogP contribution in [0.2, 0.25) is 0 Å². The first-order valence-electron chi connectivity index (χ1n) is 8.61. The Kier molecular flexibility index (Phi) is 5.87. The highest BCUT2D eigenvalue weighted by Crippen LogP contribution is 2.28. The van der Waals surface area contributed by atoms with Crippen LogP contribution in [-0.4, -0.2) is 31.8 Å². The zero-order valence-electron chi connectivity index (χ0n) is 14.5. The van der Waals surface area contributed by atoms with Crippen molar-refractivity contribution in [3.8, 4) is 0 Å².